The Labute approximate surface area is 151 Å². The first-order valence-electron chi connectivity index (χ1n) is 8.02. The van der Waals surface area contributed by atoms with Gasteiger partial charge in [-0.2, -0.15) is 0 Å². The Morgan fingerprint density at radius 3 is 2.56 bits per heavy atom. The molecule has 0 aliphatic heterocycles. The summed E-state index contributed by atoms with van der Waals surface area (Å²) in [5.74, 6) is 0.617. The number of aryl methyl sites for hydroxylation is 1. The molecule has 0 radical (unpaired) electrons. The summed E-state index contributed by atoms with van der Waals surface area (Å²) < 4.78 is 11.1. The zero-order valence-electron chi connectivity index (χ0n) is 14.6. The van der Waals surface area contributed by atoms with Crippen molar-refractivity contribution in [3.8, 4) is 11.3 Å². The smallest absolute Gasteiger partial charge is 0.412 e. The summed E-state index contributed by atoms with van der Waals surface area (Å²) in [4.78, 5) is 12.1. The Kier molecular flexibility index (Phi) is 4.48. The molecular formula is C20H20ClNO3. The van der Waals surface area contributed by atoms with Gasteiger partial charge >= 0.3 is 6.09 Å². The number of rotatable bonds is 2. The van der Waals surface area contributed by atoms with E-state index in [9.17, 15) is 4.79 Å². The Hall–Kier alpha value is -2.46. The lowest BCUT2D eigenvalue weighted by atomic mass is 10.0. The molecule has 130 valence electrons. The maximum atomic E-state index is 12.1. The van der Waals surface area contributed by atoms with Crippen LogP contribution in [0, 0.1) is 6.92 Å². The highest BCUT2D eigenvalue weighted by atomic mass is 35.5. The molecular weight excluding hydrogens is 338 g/mol. The molecule has 1 aromatic heterocycles. The van der Waals surface area contributed by atoms with Crippen molar-refractivity contribution in [3.05, 3.63) is 53.2 Å². The number of halogens is 1. The zero-order chi connectivity index (χ0) is 18.2. The lowest BCUT2D eigenvalue weighted by Gasteiger charge is -2.20. The van der Waals surface area contributed by atoms with E-state index in [2.05, 4.69) is 5.32 Å². The van der Waals surface area contributed by atoms with Crippen LogP contribution in [0.5, 0.6) is 0 Å². The van der Waals surface area contributed by atoms with Gasteiger partial charge in [0.25, 0.3) is 0 Å². The fourth-order valence-corrected chi connectivity index (χ4v) is 2.86. The van der Waals surface area contributed by atoms with Gasteiger partial charge in [-0.3, -0.25) is 5.32 Å². The molecule has 1 amide bonds. The predicted octanol–water partition coefficient (Wildman–Crippen LogP) is 6.41. The van der Waals surface area contributed by atoms with Crippen molar-refractivity contribution >= 4 is 34.2 Å². The number of furan rings is 1. The Balaban J connectivity index is 2.03. The molecule has 0 fully saturated rings. The van der Waals surface area contributed by atoms with Crippen LogP contribution in [0.4, 0.5) is 10.5 Å². The molecule has 0 atom stereocenters. The number of nitrogens with one attached hydrogen (secondary N) is 1. The van der Waals surface area contributed by atoms with Gasteiger partial charge < -0.3 is 9.15 Å². The van der Waals surface area contributed by atoms with Gasteiger partial charge in [0.15, 0.2) is 0 Å². The van der Waals surface area contributed by atoms with Crippen molar-refractivity contribution in [1.29, 1.82) is 0 Å². The van der Waals surface area contributed by atoms with Crippen molar-refractivity contribution in [3.63, 3.8) is 0 Å². The minimum absolute atomic E-state index is 0.334. The first kappa shape index (κ1) is 17.4. The number of para-hydroxylation sites is 1. The number of amides is 1. The number of hydrogen-bond donors (Lipinski definition) is 1. The summed E-state index contributed by atoms with van der Waals surface area (Å²) in [5, 5.41) is 4.87. The van der Waals surface area contributed by atoms with E-state index >= 15 is 0 Å². The number of ether oxygens (including phenoxy) is 1. The minimum atomic E-state index is -0.572. The molecule has 0 aliphatic carbocycles. The fraction of sp³-hybridized carbons (Fsp3) is 0.250. The van der Waals surface area contributed by atoms with E-state index in [-0.39, 0.29) is 0 Å². The van der Waals surface area contributed by atoms with Crippen LogP contribution in [0.2, 0.25) is 5.22 Å². The van der Waals surface area contributed by atoms with Gasteiger partial charge in [0, 0.05) is 16.3 Å². The first-order chi connectivity index (χ1) is 11.7. The maximum absolute atomic E-state index is 12.1. The average Bonchev–Trinajstić information content (AvgIpc) is 2.82. The molecule has 2 aromatic carbocycles. The van der Waals surface area contributed by atoms with E-state index in [1.807, 2.05) is 64.1 Å². The third-order valence-electron chi connectivity index (χ3n) is 3.63. The van der Waals surface area contributed by atoms with Crippen LogP contribution in [-0.4, -0.2) is 11.7 Å². The van der Waals surface area contributed by atoms with Crippen LogP contribution in [0.1, 0.15) is 26.3 Å². The lowest BCUT2D eigenvalue weighted by Crippen LogP contribution is -2.27. The lowest BCUT2D eigenvalue weighted by molar-refractivity contribution is 0.0636. The van der Waals surface area contributed by atoms with Crippen molar-refractivity contribution < 1.29 is 13.9 Å². The van der Waals surface area contributed by atoms with Gasteiger partial charge in [-0.15, -0.1) is 0 Å². The van der Waals surface area contributed by atoms with E-state index in [1.165, 1.54) is 0 Å². The van der Waals surface area contributed by atoms with Gasteiger partial charge in [-0.25, -0.2) is 4.79 Å². The highest BCUT2D eigenvalue weighted by Gasteiger charge is 2.20. The van der Waals surface area contributed by atoms with E-state index in [0.717, 1.165) is 21.9 Å². The molecule has 4 nitrogen and oxygen atoms in total. The molecule has 3 rings (SSSR count). The molecule has 0 bridgehead atoms. The molecule has 0 saturated heterocycles. The Morgan fingerprint density at radius 1 is 1.12 bits per heavy atom. The van der Waals surface area contributed by atoms with E-state index in [1.54, 1.807) is 6.07 Å². The maximum Gasteiger partial charge on any atom is 0.412 e. The summed E-state index contributed by atoms with van der Waals surface area (Å²) in [6, 6.07) is 13.4. The average molecular weight is 358 g/mol. The number of hydrogen-bond acceptors (Lipinski definition) is 3. The van der Waals surface area contributed by atoms with Crippen LogP contribution in [0.3, 0.4) is 0 Å². The number of carbonyl (C=O) groups is 1. The second kappa shape index (κ2) is 6.45. The molecule has 3 aromatic rings. The summed E-state index contributed by atoms with van der Waals surface area (Å²) in [6.45, 7) is 7.46. The van der Waals surface area contributed by atoms with Crippen LogP contribution >= 0.6 is 11.6 Å². The molecule has 0 saturated carbocycles. The number of benzene rings is 2. The van der Waals surface area contributed by atoms with Crippen LogP contribution in [0.15, 0.2) is 46.9 Å². The second-order valence-corrected chi connectivity index (χ2v) is 7.27. The highest BCUT2D eigenvalue weighted by Crippen LogP contribution is 2.39. The summed E-state index contributed by atoms with van der Waals surface area (Å²) in [5.41, 5.74) is 1.87. The largest absolute Gasteiger partial charge is 0.444 e. The van der Waals surface area contributed by atoms with E-state index < -0.39 is 11.7 Å². The van der Waals surface area contributed by atoms with Crippen molar-refractivity contribution in [2.24, 2.45) is 0 Å². The fourth-order valence-electron chi connectivity index (χ4n) is 2.62. The van der Waals surface area contributed by atoms with Gasteiger partial charge in [-0.05, 0) is 57.5 Å². The Bertz CT molecular complexity index is 938. The molecule has 5 heteroatoms. The number of fused-ring (bicyclic) bond motifs is 1. The first-order valence-corrected chi connectivity index (χ1v) is 8.40. The molecule has 1 heterocycles. The molecule has 0 aliphatic rings. The summed E-state index contributed by atoms with van der Waals surface area (Å²) in [7, 11) is 0. The van der Waals surface area contributed by atoms with Crippen LogP contribution < -0.4 is 5.32 Å². The Morgan fingerprint density at radius 2 is 1.84 bits per heavy atom. The molecule has 0 spiro atoms. The van der Waals surface area contributed by atoms with Crippen LogP contribution in [-0.2, 0) is 4.74 Å². The van der Waals surface area contributed by atoms with Crippen molar-refractivity contribution in [2.75, 3.05) is 5.32 Å². The summed E-state index contributed by atoms with van der Waals surface area (Å²) in [6.07, 6.45) is -0.516. The SMILES string of the molecule is Cc1ccc2c(-c3ccccc3NC(=O)OC(C)(C)C)oc(Cl)c2c1. The highest BCUT2D eigenvalue weighted by molar-refractivity contribution is 6.34. The van der Waals surface area contributed by atoms with Gasteiger partial charge in [0.1, 0.15) is 11.4 Å². The van der Waals surface area contributed by atoms with Gasteiger partial charge in [-0.1, -0.05) is 29.8 Å². The normalized spacial score (nSPS) is 11.6. The monoisotopic (exact) mass is 357 g/mol. The third-order valence-corrected chi connectivity index (χ3v) is 3.91. The quantitative estimate of drug-likeness (QED) is 0.576. The van der Waals surface area contributed by atoms with Gasteiger partial charge in [0.05, 0.1) is 5.69 Å². The molecule has 0 unspecified atom stereocenters. The summed E-state index contributed by atoms with van der Waals surface area (Å²) >= 11 is 6.27. The zero-order valence-corrected chi connectivity index (χ0v) is 15.4. The minimum Gasteiger partial charge on any atom is -0.444 e. The second-order valence-electron chi connectivity index (χ2n) is 6.93. The van der Waals surface area contributed by atoms with Crippen molar-refractivity contribution in [1.82, 2.24) is 0 Å². The predicted molar refractivity (Wildman–Crippen MR) is 101 cm³/mol. The number of anilines is 1. The van der Waals surface area contributed by atoms with Crippen LogP contribution in [0.25, 0.3) is 22.1 Å². The molecule has 1 N–H and O–H groups in total. The molecule has 25 heavy (non-hydrogen) atoms. The number of carbonyl (C=O) groups excluding carboxylic acids is 1. The topological polar surface area (TPSA) is 51.5 Å². The standard InChI is InChI=1S/C20H20ClNO3/c1-12-9-10-13-15(11-12)18(21)24-17(13)14-7-5-6-8-16(14)22-19(23)25-20(2,3)4/h5-11H,1-4H3,(H,22,23). The van der Waals surface area contributed by atoms with E-state index in [0.29, 0.717) is 16.7 Å². The third kappa shape index (κ3) is 3.80. The van der Waals surface area contributed by atoms with Crippen molar-refractivity contribution in [2.45, 2.75) is 33.3 Å². The van der Waals surface area contributed by atoms with E-state index in [4.69, 9.17) is 20.8 Å². The van der Waals surface area contributed by atoms with Gasteiger partial charge in [0.2, 0.25) is 5.22 Å².